The van der Waals surface area contributed by atoms with Gasteiger partial charge in [0.1, 0.15) is 6.61 Å². The number of aromatic nitrogens is 2. The van der Waals surface area contributed by atoms with Crippen LogP contribution in [0.1, 0.15) is 5.56 Å². The van der Waals surface area contributed by atoms with Crippen LogP contribution in [0.5, 0.6) is 0 Å². The van der Waals surface area contributed by atoms with Crippen LogP contribution in [0.25, 0.3) is 0 Å². The summed E-state index contributed by atoms with van der Waals surface area (Å²) in [4.78, 5) is 0. The number of nitrogens with two attached hydrogens (primary N) is 1. The van der Waals surface area contributed by atoms with Crippen molar-refractivity contribution in [3.05, 3.63) is 18.0 Å². The highest BCUT2D eigenvalue weighted by atomic mass is 19.4. The van der Waals surface area contributed by atoms with E-state index in [1.54, 1.807) is 24.1 Å². The van der Waals surface area contributed by atoms with Gasteiger partial charge in [0, 0.05) is 19.3 Å². The largest absolute Gasteiger partial charge is 0.411 e. The number of alkyl halides is 3. The molecule has 0 radical (unpaired) electrons. The maximum atomic E-state index is 11.8. The van der Waals surface area contributed by atoms with E-state index in [9.17, 15) is 13.2 Å². The van der Waals surface area contributed by atoms with Crippen LogP contribution in [0.4, 0.5) is 13.2 Å². The fourth-order valence-electron chi connectivity index (χ4n) is 1.26. The Kier molecular flexibility index (Phi) is 4.31. The lowest BCUT2D eigenvalue weighted by Crippen LogP contribution is -2.31. The Morgan fingerprint density at radius 3 is 2.75 bits per heavy atom. The van der Waals surface area contributed by atoms with E-state index in [4.69, 9.17) is 5.73 Å². The van der Waals surface area contributed by atoms with Crippen LogP contribution < -0.4 is 5.73 Å². The van der Waals surface area contributed by atoms with Crippen LogP contribution >= 0.6 is 0 Å². The maximum Gasteiger partial charge on any atom is 0.411 e. The van der Waals surface area contributed by atoms with Crippen molar-refractivity contribution < 1.29 is 17.9 Å². The Morgan fingerprint density at radius 1 is 1.56 bits per heavy atom. The minimum absolute atomic E-state index is 0.117. The molecule has 0 saturated heterocycles. The summed E-state index contributed by atoms with van der Waals surface area (Å²) in [5, 5.41) is 3.93. The van der Waals surface area contributed by atoms with Crippen LogP contribution in [0.15, 0.2) is 12.4 Å². The van der Waals surface area contributed by atoms with Crippen LogP contribution in [0.3, 0.4) is 0 Å². The van der Waals surface area contributed by atoms with Crippen molar-refractivity contribution in [3.8, 4) is 0 Å². The first-order valence-electron chi connectivity index (χ1n) is 4.74. The minimum Gasteiger partial charge on any atom is -0.370 e. The number of ether oxygens (including phenoxy) is 1. The van der Waals surface area contributed by atoms with Gasteiger partial charge in [0.15, 0.2) is 0 Å². The average molecular weight is 237 g/mol. The molecule has 16 heavy (non-hydrogen) atoms. The zero-order chi connectivity index (χ0) is 12.2. The van der Waals surface area contributed by atoms with Crippen molar-refractivity contribution in [2.75, 3.05) is 13.2 Å². The average Bonchev–Trinajstić information content (AvgIpc) is 2.48. The van der Waals surface area contributed by atoms with E-state index in [2.05, 4.69) is 9.84 Å². The van der Waals surface area contributed by atoms with Crippen LogP contribution in [0, 0.1) is 0 Å². The highest BCUT2D eigenvalue weighted by Crippen LogP contribution is 2.14. The SMILES string of the molecule is Cn1cc(CC(N)COCC(F)(F)F)cn1. The van der Waals surface area contributed by atoms with E-state index in [-0.39, 0.29) is 6.61 Å². The highest BCUT2D eigenvalue weighted by molar-refractivity contribution is 5.05. The Hall–Kier alpha value is -1.08. The summed E-state index contributed by atoms with van der Waals surface area (Å²) in [5.41, 5.74) is 6.50. The van der Waals surface area contributed by atoms with Gasteiger partial charge in [-0.3, -0.25) is 4.68 Å². The molecule has 1 heterocycles. The van der Waals surface area contributed by atoms with E-state index in [1.807, 2.05) is 0 Å². The first-order chi connectivity index (χ1) is 7.37. The van der Waals surface area contributed by atoms with Crippen LogP contribution in [-0.2, 0) is 18.2 Å². The Bertz CT molecular complexity index is 324. The Balaban J connectivity index is 2.23. The van der Waals surface area contributed by atoms with E-state index >= 15 is 0 Å². The number of aryl methyl sites for hydroxylation is 1. The number of rotatable bonds is 5. The molecule has 0 spiro atoms. The summed E-state index contributed by atoms with van der Waals surface area (Å²) < 4.78 is 41.3. The number of hydrogen-bond donors (Lipinski definition) is 1. The number of nitrogens with zero attached hydrogens (tertiary/aromatic N) is 2. The number of halogens is 3. The molecule has 0 fully saturated rings. The fourth-order valence-corrected chi connectivity index (χ4v) is 1.26. The monoisotopic (exact) mass is 237 g/mol. The summed E-state index contributed by atoms with van der Waals surface area (Å²) in [5.74, 6) is 0. The van der Waals surface area contributed by atoms with Crippen molar-refractivity contribution in [3.63, 3.8) is 0 Å². The molecule has 4 nitrogen and oxygen atoms in total. The van der Waals surface area contributed by atoms with Crippen molar-refractivity contribution in [1.29, 1.82) is 0 Å². The second-order valence-electron chi connectivity index (χ2n) is 3.62. The summed E-state index contributed by atoms with van der Waals surface area (Å²) in [6, 6.07) is -0.452. The minimum atomic E-state index is -4.30. The smallest absolute Gasteiger partial charge is 0.370 e. The van der Waals surface area contributed by atoms with E-state index in [0.29, 0.717) is 6.42 Å². The third-order valence-electron chi connectivity index (χ3n) is 1.85. The molecule has 1 unspecified atom stereocenters. The molecular formula is C9H14F3N3O. The summed E-state index contributed by atoms with van der Waals surface area (Å²) >= 11 is 0. The van der Waals surface area contributed by atoms with Crippen molar-refractivity contribution in [2.45, 2.75) is 18.6 Å². The molecule has 0 aromatic carbocycles. The molecule has 0 aliphatic carbocycles. The summed E-state index contributed by atoms with van der Waals surface area (Å²) in [6.07, 6.45) is -0.451. The van der Waals surface area contributed by atoms with Crippen LogP contribution in [-0.4, -0.2) is 35.2 Å². The van der Waals surface area contributed by atoms with Gasteiger partial charge in [0.2, 0.25) is 0 Å². The second kappa shape index (κ2) is 5.31. The molecule has 0 aliphatic rings. The van der Waals surface area contributed by atoms with Gasteiger partial charge in [-0.05, 0) is 12.0 Å². The maximum absolute atomic E-state index is 11.8. The molecule has 2 N–H and O–H groups in total. The molecule has 1 aromatic heterocycles. The summed E-state index contributed by atoms with van der Waals surface area (Å²) in [7, 11) is 1.76. The first kappa shape index (κ1) is 13.0. The molecule has 0 amide bonds. The zero-order valence-corrected chi connectivity index (χ0v) is 8.87. The molecular weight excluding hydrogens is 223 g/mol. The van der Waals surface area contributed by atoms with E-state index in [1.165, 1.54) is 0 Å². The van der Waals surface area contributed by atoms with Crippen LogP contribution in [0.2, 0.25) is 0 Å². The van der Waals surface area contributed by atoms with Gasteiger partial charge < -0.3 is 10.5 Å². The van der Waals surface area contributed by atoms with Gasteiger partial charge in [-0.2, -0.15) is 18.3 Å². The highest BCUT2D eigenvalue weighted by Gasteiger charge is 2.27. The third kappa shape index (κ3) is 5.13. The molecule has 0 saturated carbocycles. The van der Waals surface area contributed by atoms with Crippen molar-refractivity contribution in [2.24, 2.45) is 12.8 Å². The lowest BCUT2D eigenvalue weighted by Gasteiger charge is -2.12. The molecule has 7 heteroatoms. The predicted octanol–water partition coefficient (Wildman–Crippen LogP) is 0.869. The van der Waals surface area contributed by atoms with Gasteiger partial charge in [0.05, 0.1) is 12.8 Å². The van der Waals surface area contributed by atoms with Gasteiger partial charge >= 0.3 is 6.18 Å². The molecule has 1 rings (SSSR count). The van der Waals surface area contributed by atoms with Gasteiger partial charge in [0.25, 0.3) is 0 Å². The molecule has 0 bridgehead atoms. The van der Waals surface area contributed by atoms with Gasteiger partial charge in [-0.25, -0.2) is 0 Å². The molecule has 1 atom stereocenters. The lowest BCUT2D eigenvalue weighted by molar-refractivity contribution is -0.174. The second-order valence-corrected chi connectivity index (χ2v) is 3.62. The standard InChI is InChI=1S/C9H14F3N3O/c1-15-4-7(3-14-15)2-8(13)5-16-6-9(10,11)12/h3-4,8H,2,5-6,13H2,1H3. The topological polar surface area (TPSA) is 53.1 Å². The molecule has 0 aliphatic heterocycles. The molecule has 1 aromatic rings. The fraction of sp³-hybridized carbons (Fsp3) is 0.667. The third-order valence-corrected chi connectivity index (χ3v) is 1.85. The van der Waals surface area contributed by atoms with Gasteiger partial charge in [-0.15, -0.1) is 0 Å². The number of hydrogen-bond acceptors (Lipinski definition) is 3. The van der Waals surface area contributed by atoms with Gasteiger partial charge in [-0.1, -0.05) is 0 Å². The Morgan fingerprint density at radius 2 is 2.25 bits per heavy atom. The normalized spacial score (nSPS) is 14.1. The van der Waals surface area contributed by atoms with Crippen molar-refractivity contribution >= 4 is 0 Å². The lowest BCUT2D eigenvalue weighted by atomic mass is 10.1. The van der Waals surface area contributed by atoms with E-state index in [0.717, 1.165) is 5.56 Å². The first-order valence-corrected chi connectivity index (χ1v) is 4.74. The predicted molar refractivity (Wildman–Crippen MR) is 51.8 cm³/mol. The van der Waals surface area contributed by atoms with E-state index < -0.39 is 18.8 Å². The molecule has 92 valence electrons. The Labute approximate surface area is 91.2 Å². The van der Waals surface area contributed by atoms with Crippen molar-refractivity contribution in [1.82, 2.24) is 9.78 Å². The quantitative estimate of drug-likeness (QED) is 0.826. The zero-order valence-electron chi connectivity index (χ0n) is 8.87. The summed E-state index contributed by atoms with van der Waals surface area (Å²) in [6.45, 7) is -1.37.